The van der Waals surface area contributed by atoms with Crippen molar-refractivity contribution in [3.05, 3.63) is 48.5 Å². The normalized spacial score (nSPS) is 10.4. The van der Waals surface area contributed by atoms with Gasteiger partial charge in [-0.05, 0) is 45.6 Å². The van der Waals surface area contributed by atoms with Crippen LogP contribution in [0.15, 0.2) is 38.6 Å². The number of anilines is 1. The third kappa shape index (κ3) is 3.00. The average Bonchev–Trinajstić information content (AvgIpc) is 2.66. The first-order valence-electron chi connectivity index (χ1n) is 4.57. The minimum Gasteiger partial charge on any atom is -0.379 e. The maximum atomic E-state index is 6.08. The predicted molar refractivity (Wildman–Crippen MR) is 78.5 cm³/mol. The third-order valence-corrected chi connectivity index (χ3v) is 4.81. The van der Waals surface area contributed by atoms with Crippen LogP contribution in [0.5, 0.6) is 0 Å². The highest BCUT2D eigenvalue weighted by molar-refractivity contribution is 9.10. The maximum Gasteiger partial charge on any atom is 0.0638 e. The van der Waals surface area contributed by atoms with Crippen molar-refractivity contribution in [1.82, 2.24) is 0 Å². The van der Waals surface area contributed by atoms with Crippen molar-refractivity contribution in [3.8, 4) is 0 Å². The van der Waals surface area contributed by atoms with E-state index in [1.807, 2.05) is 24.3 Å². The molecule has 5 heteroatoms. The smallest absolute Gasteiger partial charge is 0.0638 e. The molecule has 0 spiro atoms. The van der Waals surface area contributed by atoms with Crippen molar-refractivity contribution < 1.29 is 0 Å². The number of hydrogen-bond acceptors (Lipinski definition) is 2. The van der Waals surface area contributed by atoms with E-state index < -0.39 is 0 Å². The van der Waals surface area contributed by atoms with E-state index in [-0.39, 0.29) is 0 Å². The molecule has 2 aromatic rings. The average molecular weight is 382 g/mol. The Hall–Kier alpha value is -0.0300. The molecule has 1 aromatic heterocycles. The quantitative estimate of drug-likeness (QED) is 0.736. The minimum atomic E-state index is 0.732. The monoisotopic (exact) mass is 379 g/mol. The molecule has 0 radical (unpaired) electrons. The minimum absolute atomic E-state index is 0.732. The number of rotatable bonds is 3. The summed E-state index contributed by atoms with van der Waals surface area (Å²) in [7, 11) is 0. The van der Waals surface area contributed by atoms with Crippen molar-refractivity contribution in [1.29, 1.82) is 0 Å². The Labute approximate surface area is 120 Å². The van der Waals surface area contributed by atoms with Crippen LogP contribution in [0, 0.1) is 0 Å². The molecule has 0 aliphatic heterocycles. The van der Waals surface area contributed by atoms with Gasteiger partial charge in [-0.15, -0.1) is 11.3 Å². The summed E-state index contributed by atoms with van der Waals surface area (Å²) >= 11 is 14.7. The molecule has 2 rings (SSSR count). The second kappa shape index (κ2) is 5.54. The summed E-state index contributed by atoms with van der Waals surface area (Å²) in [4.78, 5) is 1.26. The van der Waals surface area contributed by atoms with E-state index in [0.29, 0.717) is 0 Å². The first-order valence-corrected chi connectivity index (χ1v) is 7.42. The van der Waals surface area contributed by atoms with Crippen molar-refractivity contribution in [2.75, 3.05) is 5.32 Å². The van der Waals surface area contributed by atoms with E-state index in [1.54, 1.807) is 11.3 Å². The highest BCUT2D eigenvalue weighted by Gasteiger charge is 2.04. The van der Waals surface area contributed by atoms with Crippen molar-refractivity contribution >= 4 is 60.5 Å². The van der Waals surface area contributed by atoms with Gasteiger partial charge in [0.15, 0.2) is 0 Å². The molecule has 0 bridgehead atoms. The zero-order valence-corrected chi connectivity index (χ0v) is 12.9. The van der Waals surface area contributed by atoms with Crippen LogP contribution in [-0.2, 0) is 6.54 Å². The van der Waals surface area contributed by atoms with E-state index in [9.17, 15) is 0 Å². The molecule has 1 heterocycles. The summed E-state index contributed by atoms with van der Waals surface area (Å²) in [6.07, 6.45) is 0. The van der Waals surface area contributed by atoms with Crippen LogP contribution in [0.3, 0.4) is 0 Å². The summed E-state index contributed by atoms with van der Waals surface area (Å²) in [6.45, 7) is 0.772. The Morgan fingerprint density at radius 2 is 2.06 bits per heavy atom. The molecule has 1 aromatic carbocycles. The van der Waals surface area contributed by atoms with Gasteiger partial charge in [0.25, 0.3) is 0 Å². The molecule has 0 unspecified atom stereocenters. The summed E-state index contributed by atoms with van der Waals surface area (Å²) in [5.74, 6) is 0. The van der Waals surface area contributed by atoms with E-state index in [1.165, 1.54) is 4.88 Å². The Balaban J connectivity index is 2.10. The number of hydrogen-bond donors (Lipinski definition) is 1. The Morgan fingerprint density at radius 3 is 2.75 bits per heavy atom. The molecule has 16 heavy (non-hydrogen) atoms. The second-order valence-corrected chi connectivity index (χ2v) is 6.35. The lowest BCUT2D eigenvalue weighted by Crippen LogP contribution is -1.98. The molecular formula is C11H8Br2ClNS. The van der Waals surface area contributed by atoms with Gasteiger partial charge in [-0.1, -0.05) is 27.5 Å². The highest BCUT2D eigenvalue weighted by atomic mass is 79.9. The number of nitrogens with one attached hydrogen (secondary N) is 1. The molecular weight excluding hydrogens is 373 g/mol. The zero-order chi connectivity index (χ0) is 11.5. The Kier molecular flexibility index (Phi) is 4.30. The van der Waals surface area contributed by atoms with Crippen LogP contribution in [0.4, 0.5) is 5.69 Å². The lowest BCUT2D eigenvalue weighted by atomic mass is 10.3. The summed E-state index contributed by atoms with van der Waals surface area (Å²) in [5.41, 5.74) is 0.941. The van der Waals surface area contributed by atoms with Crippen LogP contribution >= 0.6 is 54.8 Å². The highest BCUT2D eigenvalue weighted by Crippen LogP contribution is 2.28. The standard InChI is InChI=1S/C11H8Br2ClNS/c12-7-1-2-9(14)10(5-7)15-6-11-8(13)3-4-16-11/h1-5,15H,6H2. The molecule has 0 aliphatic rings. The second-order valence-electron chi connectivity index (χ2n) is 3.17. The fraction of sp³-hybridized carbons (Fsp3) is 0.0909. The van der Waals surface area contributed by atoms with Gasteiger partial charge >= 0.3 is 0 Å². The van der Waals surface area contributed by atoms with Crippen molar-refractivity contribution in [3.63, 3.8) is 0 Å². The molecule has 0 amide bonds. The first kappa shape index (κ1) is 12.4. The Bertz CT molecular complexity index is 498. The van der Waals surface area contributed by atoms with Crippen LogP contribution < -0.4 is 5.32 Å². The molecule has 1 N–H and O–H groups in total. The summed E-state index contributed by atoms with van der Waals surface area (Å²) in [5, 5.41) is 6.11. The van der Waals surface area contributed by atoms with Gasteiger partial charge in [-0.25, -0.2) is 0 Å². The van der Waals surface area contributed by atoms with Gasteiger partial charge in [0, 0.05) is 13.8 Å². The molecule has 0 atom stereocenters. The Morgan fingerprint density at radius 1 is 1.25 bits per heavy atom. The van der Waals surface area contributed by atoms with Crippen LogP contribution in [0.2, 0.25) is 5.02 Å². The fourth-order valence-electron chi connectivity index (χ4n) is 1.26. The van der Waals surface area contributed by atoms with Crippen LogP contribution in [-0.4, -0.2) is 0 Å². The molecule has 0 aliphatic carbocycles. The number of benzene rings is 1. The van der Waals surface area contributed by atoms with Crippen LogP contribution in [0.1, 0.15) is 4.88 Å². The molecule has 1 nitrogen and oxygen atoms in total. The zero-order valence-electron chi connectivity index (χ0n) is 8.14. The summed E-state index contributed by atoms with van der Waals surface area (Å²) < 4.78 is 2.15. The van der Waals surface area contributed by atoms with Gasteiger partial charge in [-0.3, -0.25) is 0 Å². The molecule has 0 fully saturated rings. The van der Waals surface area contributed by atoms with Crippen molar-refractivity contribution in [2.45, 2.75) is 6.54 Å². The fourth-order valence-corrected chi connectivity index (χ4v) is 3.24. The first-order chi connectivity index (χ1) is 7.66. The molecule has 84 valence electrons. The topological polar surface area (TPSA) is 12.0 Å². The van der Waals surface area contributed by atoms with E-state index in [0.717, 1.165) is 26.2 Å². The van der Waals surface area contributed by atoms with Crippen molar-refractivity contribution in [2.24, 2.45) is 0 Å². The SMILES string of the molecule is Clc1ccc(Br)cc1NCc1sccc1Br. The van der Waals surface area contributed by atoms with E-state index in [4.69, 9.17) is 11.6 Å². The third-order valence-electron chi connectivity index (χ3n) is 2.06. The predicted octanol–water partition coefficient (Wildman–Crippen LogP) is 5.54. The van der Waals surface area contributed by atoms with E-state index in [2.05, 4.69) is 42.6 Å². The lowest BCUT2D eigenvalue weighted by molar-refractivity contribution is 1.18. The van der Waals surface area contributed by atoms with Gasteiger partial charge in [0.05, 0.1) is 17.3 Å². The number of halogens is 3. The largest absolute Gasteiger partial charge is 0.379 e. The van der Waals surface area contributed by atoms with Gasteiger partial charge in [0.1, 0.15) is 0 Å². The number of thiophene rings is 1. The van der Waals surface area contributed by atoms with E-state index >= 15 is 0 Å². The molecule has 0 saturated carbocycles. The van der Waals surface area contributed by atoms with Crippen LogP contribution in [0.25, 0.3) is 0 Å². The summed E-state index contributed by atoms with van der Waals surface area (Å²) in [6, 6.07) is 7.82. The van der Waals surface area contributed by atoms with Gasteiger partial charge < -0.3 is 5.32 Å². The molecule has 0 saturated heterocycles. The maximum absolute atomic E-state index is 6.08. The lowest BCUT2D eigenvalue weighted by Gasteiger charge is -2.08. The van der Waals surface area contributed by atoms with Gasteiger partial charge in [0.2, 0.25) is 0 Å². The van der Waals surface area contributed by atoms with Gasteiger partial charge in [-0.2, -0.15) is 0 Å².